The monoisotopic (exact) mass is 413 g/mol. The fraction of sp³-hybridized carbons (Fsp3) is 0.435. The Morgan fingerprint density at radius 2 is 1.80 bits per heavy atom. The van der Waals surface area contributed by atoms with Gasteiger partial charge in [-0.2, -0.15) is 0 Å². The van der Waals surface area contributed by atoms with E-state index in [-0.39, 0.29) is 6.10 Å². The number of methoxy groups -OCH3 is 2. The van der Waals surface area contributed by atoms with Crippen LogP contribution in [-0.2, 0) is 29.2 Å². The van der Waals surface area contributed by atoms with Crippen molar-refractivity contribution in [3.63, 3.8) is 0 Å². The zero-order valence-corrected chi connectivity index (χ0v) is 17.7. The zero-order chi connectivity index (χ0) is 21.2. The van der Waals surface area contributed by atoms with Gasteiger partial charge in [0.2, 0.25) is 0 Å². The van der Waals surface area contributed by atoms with Crippen LogP contribution < -0.4 is 20.5 Å². The highest BCUT2D eigenvalue weighted by Crippen LogP contribution is 2.27. The quantitative estimate of drug-likeness (QED) is 0.485. The van der Waals surface area contributed by atoms with E-state index in [1.165, 1.54) is 0 Å². The number of rotatable bonds is 9. The van der Waals surface area contributed by atoms with Gasteiger partial charge in [-0.05, 0) is 41.7 Å². The first-order valence-electron chi connectivity index (χ1n) is 10.2. The lowest BCUT2D eigenvalue weighted by Crippen LogP contribution is -2.31. The van der Waals surface area contributed by atoms with Gasteiger partial charge in [-0.25, -0.2) is 4.99 Å². The predicted octanol–water partition coefficient (Wildman–Crippen LogP) is 3.00. The van der Waals surface area contributed by atoms with Crippen LogP contribution in [-0.4, -0.2) is 39.5 Å². The van der Waals surface area contributed by atoms with Crippen molar-refractivity contribution in [3.8, 4) is 11.5 Å². The van der Waals surface area contributed by atoms with Gasteiger partial charge in [-0.15, -0.1) is 0 Å². The van der Waals surface area contributed by atoms with Gasteiger partial charge in [0.15, 0.2) is 17.5 Å². The van der Waals surface area contributed by atoms with Gasteiger partial charge >= 0.3 is 0 Å². The van der Waals surface area contributed by atoms with E-state index in [1.807, 2.05) is 30.3 Å². The van der Waals surface area contributed by atoms with Crippen molar-refractivity contribution < 1.29 is 18.9 Å². The van der Waals surface area contributed by atoms with E-state index in [2.05, 4.69) is 22.4 Å². The Morgan fingerprint density at radius 1 is 1.03 bits per heavy atom. The molecule has 0 aliphatic carbocycles. The molecule has 1 heterocycles. The van der Waals surface area contributed by atoms with E-state index in [0.29, 0.717) is 37.2 Å². The topological polar surface area (TPSA) is 87.3 Å². The Hall–Kier alpha value is -2.77. The third kappa shape index (κ3) is 6.64. The van der Waals surface area contributed by atoms with E-state index in [4.69, 9.17) is 24.7 Å². The SMILES string of the molecule is COc1ccc(CNC(N)=NCc2cccc(COC3CCOCC3)c2)cc1OC. The molecule has 1 aliphatic heterocycles. The third-order valence-electron chi connectivity index (χ3n) is 5.00. The van der Waals surface area contributed by atoms with Crippen molar-refractivity contribution in [2.24, 2.45) is 10.7 Å². The zero-order valence-electron chi connectivity index (χ0n) is 17.7. The van der Waals surface area contributed by atoms with Gasteiger partial charge in [0.05, 0.1) is 33.5 Å². The smallest absolute Gasteiger partial charge is 0.189 e. The number of hydrogen-bond acceptors (Lipinski definition) is 5. The Morgan fingerprint density at radius 3 is 2.57 bits per heavy atom. The number of nitrogens with one attached hydrogen (secondary N) is 1. The standard InChI is InChI=1S/C23H31N3O4/c1-27-21-7-6-18(13-22(21)28-2)15-26-23(24)25-14-17-4-3-5-19(12-17)16-30-20-8-10-29-11-9-20/h3-7,12-13,20H,8-11,14-16H2,1-2H3,(H3,24,25,26). The molecule has 1 saturated heterocycles. The van der Waals surface area contributed by atoms with Crippen molar-refractivity contribution in [1.29, 1.82) is 0 Å². The molecule has 3 rings (SSSR count). The first kappa shape index (κ1) is 21.9. The van der Waals surface area contributed by atoms with Gasteiger partial charge < -0.3 is 30.0 Å². The summed E-state index contributed by atoms with van der Waals surface area (Å²) in [5.74, 6) is 1.78. The van der Waals surface area contributed by atoms with Gasteiger partial charge in [-0.3, -0.25) is 0 Å². The molecule has 0 unspecified atom stereocenters. The second-order valence-corrected chi connectivity index (χ2v) is 7.19. The summed E-state index contributed by atoms with van der Waals surface area (Å²) in [6.45, 7) is 3.24. The molecule has 1 aliphatic rings. The molecule has 162 valence electrons. The maximum atomic E-state index is 6.04. The summed E-state index contributed by atoms with van der Waals surface area (Å²) in [6.07, 6.45) is 2.22. The number of nitrogens with two attached hydrogens (primary N) is 1. The van der Waals surface area contributed by atoms with E-state index < -0.39 is 0 Å². The summed E-state index contributed by atoms with van der Waals surface area (Å²) in [4.78, 5) is 4.45. The molecule has 0 aromatic heterocycles. The van der Waals surface area contributed by atoms with Crippen LogP contribution in [0.3, 0.4) is 0 Å². The van der Waals surface area contributed by atoms with Crippen molar-refractivity contribution in [2.75, 3.05) is 27.4 Å². The number of aliphatic imine (C=N–C) groups is 1. The Labute approximate surface area is 178 Å². The number of hydrogen-bond donors (Lipinski definition) is 2. The lowest BCUT2D eigenvalue weighted by Gasteiger charge is -2.22. The second kappa shape index (κ2) is 11.4. The first-order valence-corrected chi connectivity index (χ1v) is 10.2. The molecule has 7 heteroatoms. The summed E-state index contributed by atoms with van der Waals surface area (Å²) in [6, 6.07) is 14.0. The minimum Gasteiger partial charge on any atom is -0.493 e. The van der Waals surface area contributed by atoms with E-state index in [0.717, 1.165) is 42.7 Å². The fourth-order valence-electron chi connectivity index (χ4n) is 3.29. The maximum Gasteiger partial charge on any atom is 0.189 e. The minimum absolute atomic E-state index is 0.289. The number of ether oxygens (including phenoxy) is 4. The van der Waals surface area contributed by atoms with Crippen molar-refractivity contribution in [3.05, 3.63) is 59.2 Å². The van der Waals surface area contributed by atoms with Crippen molar-refractivity contribution in [2.45, 2.75) is 38.6 Å². The lowest BCUT2D eigenvalue weighted by atomic mass is 10.1. The molecular weight excluding hydrogens is 382 g/mol. The van der Waals surface area contributed by atoms with Crippen LogP contribution in [0.4, 0.5) is 0 Å². The molecule has 7 nitrogen and oxygen atoms in total. The van der Waals surface area contributed by atoms with Crippen LogP contribution in [0, 0.1) is 0 Å². The molecule has 2 aromatic carbocycles. The fourth-order valence-corrected chi connectivity index (χ4v) is 3.29. The van der Waals surface area contributed by atoms with Gasteiger partial charge in [0.1, 0.15) is 0 Å². The molecule has 0 bridgehead atoms. The van der Waals surface area contributed by atoms with Crippen LogP contribution >= 0.6 is 0 Å². The average Bonchev–Trinajstić information content (AvgIpc) is 2.80. The molecule has 2 aromatic rings. The third-order valence-corrected chi connectivity index (χ3v) is 5.00. The van der Waals surface area contributed by atoms with Crippen LogP contribution in [0.25, 0.3) is 0 Å². The molecule has 3 N–H and O–H groups in total. The molecule has 30 heavy (non-hydrogen) atoms. The number of nitrogens with zero attached hydrogens (tertiary/aromatic N) is 1. The minimum atomic E-state index is 0.289. The largest absolute Gasteiger partial charge is 0.493 e. The maximum absolute atomic E-state index is 6.04. The van der Waals surface area contributed by atoms with Gasteiger partial charge in [0.25, 0.3) is 0 Å². The summed E-state index contributed by atoms with van der Waals surface area (Å²) < 4.78 is 22.0. The van der Waals surface area contributed by atoms with Crippen molar-refractivity contribution >= 4 is 5.96 Å². The van der Waals surface area contributed by atoms with Crippen LogP contribution in [0.2, 0.25) is 0 Å². The second-order valence-electron chi connectivity index (χ2n) is 7.19. The Balaban J connectivity index is 1.48. The van der Waals surface area contributed by atoms with Gasteiger partial charge in [-0.1, -0.05) is 30.3 Å². The van der Waals surface area contributed by atoms with Crippen molar-refractivity contribution in [1.82, 2.24) is 5.32 Å². The molecule has 0 spiro atoms. The Kier molecular flexibility index (Phi) is 8.35. The highest BCUT2D eigenvalue weighted by molar-refractivity contribution is 5.77. The Bertz CT molecular complexity index is 835. The molecule has 0 saturated carbocycles. The first-order chi connectivity index (χ1) is 14.7. The van der Waals surface area contributed by atoms with Gasteiger partial charge in [0, 0.05) is 19.8 Å². The summed E-state index contributed by atoms with van der Waals surface area (Å²) in [5, 5.41) is 3.14. The highest BCUT2D eigenvalue weighted by Gasteiger charge is 2.14. The highest BCUT2D eigenvalue weighted by atomic mass is 16.5. The van der Waals surface area contributed by atoms with Crippen LogP contribution in [0.1, 0.15) is 29.5 Å². The van der Waals surface area contributed by atoms with Crippen LogP contribution in [0.5, 0.6) is 11.5 Å². The summed E-state index contributed by atoms with van der Waals surface area (Å²) in [7, 11) is 3.24. The average molecular weight is 414 g/mol. The van der Waals surface area contributed by atoms with Crippen LogP contribution in [0.15, 0.2) is 47.5 Å². The normalized spacial score (nSPS) is 15.1. The molecule has 0 radical (unpaired) electrons. The van der Waals surface area contributed by atoms with E-state index >= 15 is 0 Å². The predicted molar refractivity (Wildman–Crippen MR) is 117 cm³/mol. The lowest BCUT2D eigenvalue weighted by molar-refractivity contribution is -0.0390. The molecule has 0 atom stereocenters. The summed E-state index contributed by atoms with van der Waals surface area (Å²) >= 11 is 0. The van der Waals surface area contributed by atoms with E-state index in [1.54, 1.807) is 14.2 Å². The summed E-state index contributed by atoms with van der Waals surface area (Å²) in [5.41, 5.74) is 9.30. The molecular formula is C23H31N3O4. The number of benzene rings is 2. The van der Waals surface area contributed by atoms with E-state index in [9.17, 15) is 0 Å². The molecule has 1 fully saturated rings. The molecule has 0 amide bonds. The number of guanidine groups is 1.